The summed E-state index contributed by atoms with van der Waals surface area (Å²) in [7, 11) is 2.17. The van der Waals surface area contributed by atoms with Crippen molar-refractivity contribution in [1.29, 1.82) is 5.26 Å². The third-order valence-corrected chi connectivity index (χ3v) is 6.76. The number of pyridine rings is 2. The smallest absolute Gasteiger partial charge is 0.247 e. The van der Waals surface area contributed by atoms with E-state index in [-0.39, 0.29) is 12.5 Å². The van der Waals surface area contributed by atoms with Gasteiger partial charge in [0.1, 0.15) is 24.2 Å². The first-order chi connectivity index (χ1) is 20.4. The molecule has 2 aromatic heterocycles. The van der Waals surface area contributed by atoms with Crippen molar-refractivity contribution in [3.8, 4) is 17.6 Å². The fourth-order valence-electron chi connectivity index (χ4n) is 4.35. The van der Waals surface area contributed by atoms with Gasteiger partial charge in [0, 0.05) is 29.5 Å². The molecule has 3 heterocycles. The van der Waals surface area contributed by atoms with Gasteiger partial charge in [0.25, 0.3) is 0 Å². The van der Waals surface area contributed by atoms with E-state index in [2.05, 4.69) is 45.2 Å². The van der Waals surface area contributed by atoms with Crippen molar-refractivity contribution in [3.63, 3.8) is 0 Å². The highest BCUT2D eigenvalue weighted by Crippen LogP contribution is 2.37. The number of nitrogens with zero attached hydrogens (tertiary/aromatic N) is 4. The molecule has 2 aromatic carbocycles. The largest absolute Gasteiger partial charge is 0.492 e. The summed E-state index contributed by atoms with van der Waals surface area (Å²) in [5.41, 5.74) is 3.27. The zero-order valence-electron chi connectivity index (χ0n) is 23.7. The summed E-state index contributed by atoms with van der Waals surface area (Å²) >= 11 is 6.47. The summed E-state index contributed by atoms with van der Waals surface area (Å²) in [6.07, 6.45) is 7.18. The van der Waals surface area contributed by atoms with E-state index in [1.54, 1.807) is 36.5 Å². The van der Waals surface area contributed by atoms with Gasteiger partial charge in [-0.2, -0.15) is 5.26 Å². The van der Waals surface area contributed by atoms with E-state index >= 15 is 0 Å². The van der Waals surface area contributed by atoms with Gasteiger partial charge in [-0.05, 0) is 82.4 Å². The van der Waals surface area contributed by atoms with Gasteiger partial charge in [-0.1, -0.05) is 24.2 Å². The minimum Gasteiger partial charge on any atom is -0.492 e. The molecule has 5 rings (SSSR count). The molecule has 216 valence electrons. The average Bonchev–Trinajstić information content (AvgIpc) is 3.49. The number of rotatable bonds is 9. The molecule has 0 aliphatic carbocycles. The number of nitriles is 1. The molecule has 0 radical (unpaired) electrons. The molecular formula is C32H33ClN6O3. The zero-order chi connectivity index (χ0) is 29.9. The van der Waals surface area contributed by atoms with E-state index in [1.165, 1.54) is 38.2 Å². The van der Waals surface area contributed by atoms with E-state index < -0.39 is 0 Å². The third-order valence-electron chi connectivity index (χ3n) is 6.47. The number of carbonyl (C=O) groups is 1. The van der Waals surface area contributed by atoms with E-state index in [0.717, 1.165) is 5.69 Å². The molecule has 0 bridgehead atoms. The van der Waals surface area contributed by atoms with Gasteiger partial charge in [0.15, 0.2) is 0 Å². The number of benzene rings is 2. The quantitative estimate of drug-likeness (QED) is 0.209. The van der Waals surface area contributed by atoms with Crippen molar-refractivity contribution < 1.29 is 14.3 Å². The van der Waals surface area contributed by atoms with Crippen LogP contribution in [0, 0.1) is 11.3 Å². The number of likely N-dealkylation sites (tertiary alicyclic amines) is 1. The van der Waals surface area contributed by atoms with Crippen LogP contribution in [0.5, 0.6) is 11.5 Å². The van der Waals surface area contributed by atoms with Crippen LogP contribution in [0.2, 0.25) is 5.02 Å². The Bertz CT molecular complexity index is 1580. The Morgan fingerprint density at radius 2 is 1.95 bits per heavy atom. The molecule has 0 saturated carbocycles. The van der Waals surface area contributed by atoms with Gasteiger partial charge in [-0.25, -0.2) is 0 Å². The lowest BCUT2D eigenvalue weighted by Crippen LogP contribution is -2.10. The van der Waals surface area contributed by atoms with Crippen LogP contribution in [-0.4, -0.2) is 47.5 Å². The van der Waals surface area contributed by atoms with Crippen LogP contribution in [0.4, 0.5) is 17.1 Å². The molecule has 1 aliphatic heterocycles. The van der Waals surface area contributed by atoms with Crippen molar-refractivity contribution in [3.05, 3.63) is 89.9 Å². The van der Waals surface area contributed by atoms with Gasteiger partial charge < -0.3 is 25.0 Å². The highest BCUT2D eigenvalue weighted by molar-refractivity contribution is 6.32. The Morgan fingerprint density at radius 3 is 2.57 bits per heavy atom. The number of fused-ring (bicyclic) bond motifs is 1. The Kier molecular flexibility index (Phi) is 10.7. The Morgan fingerprint density at radius 1 is 1.14 bits per heavy atom. The number of hydrogen-bond acceptors (Lipinski definition) is 8. The number of aromatic nitrogens is 2. The number of halogens is 1. The first-order valence-corrected chi connectivity index (χ1v) is 14.0. The van der Waals surface area contributed by atoms with Crippen LogP contribution < -0.4 is 20.1 Å². The average molecular weight is 585 g/mol. The number of amides is 1. The minimum atomic E-state index is -0.387. The monoisotopic (exact) mass is 584 g/mol. The second kappa shape index (κ2) is 14.8. The molecule has 2 N–H and O–H groups in total. The number of ether oxygens (including phenoxy) is 2. The maximum Gasteiger partial charge on any atom is 0.247 e. The summed E-state index contributed by atoms with van der Waals surface area (Å²) in [5, 5.41) is 16.8. The van der Waals surface area contributed by atoms with Gasteiger partial charge >= 0.3 is 0 Å². The third kappa shape index (κ3) is 7.97. The predicted molar refractivity (Wildman–Crippen MR) is 166 cm³/mol. The van der Waals surface area contributed by atoms with Crippen LogP contribution in [0.1, 0.15) is 31.0 Å². The second-order valence-corrected chi connectivity index (χ2v) is 9.95. The topological polar surface area (TPSA) is 112 Å². The highest BCUT2D eigenvalue weighted by atomic mass is 35.5. The van der Waals surface area contributed by atoms with Crippen LogP contribution in [0.15, 0.2) is 73.6 Å². The first kappa shape index (κ1) is 30.3. The van der Waals surface area contributed by atoms with Crippen molar-refractivity contribution in [2.45, 2.75) is 26.4 Å². The standard InChI is InChI=1S/C27H22ClN5O3.C5H11N/c1-3-26(34)33-23-12-20-22(13-25(23)35-4-2)31-15-17(14-29)27(20)32-18-8-9-24(21(28)11-18)36-16-19-7-5-6-10-30-19;1-6-4-2-3-5-6/h3,5-13,15H,1,4,16H2,2H3,(H,31,32)(H,33,34);2-5H2,1H3. The Hall–Kier alpha value is -4.65. The molecule has 1 amide bonds. The summed E-state index contributed by atoms with van der Waals surface area (Å²) < 4.78 is 11.5. The molecular weight excluding hydrogens is 552 g/mol. The molecule has 10 heteroatoms. The molecule has 1 fully saturated rings. The van der Waals surface area contributed by atoms with Crippen molar-refractivity contribution in [2.75, 3.05) is 37.4 Å². The number of nitrogens with one attached hydrogen (secondary N) is 2. The van der Waals surface area contributed by atoms with Crippen molar-refractivity contribution in [1.82, 2.24) is 14.9 Å². The van der Waals surface area contributed by atoms with Crippen LogP contribution in [0.3, 0.4) is 0 Å². The second-order valence-electron chi connectivity index (χ2n) is 9.54. The molecule has 4 aromatic rings. The lowest BCUT2D eigenvalue weighted by molar-refractivity contribution is -0.111. The molecule has 9 nitrogen and oxygen atoms in total. The fourth-order valence-corrected chi connectivity index (χ4v) is 4.58. The van der Waals surface area contributed by atoms with Crippen LogP contribution in [-0.2, 0) is 11.4 Å². The normalized spacial score (nSPS) is 12.5. The van der Waals surface area contributed by atoms with Gasteiger partial charge in [-0.3, -0.25) is 14.8 Å². The molecule has 0 atom stereocenters. The van der Waals surface area contributed by atoms with Gasteiger partial charge in [-0.15, -0.1) is 0 Å². The lowest BCUT2D eigenvalue weighted by Gasteiger charge is -2.16. The first-order valence-electron chi connectivity index (χ1n) is 13.6. The summed E-state index contributed by atoms with van der Waals surface area (Å²) in [4.78, 5) is 23.0. The van der Waals surface area contributed by atoms with Gasteiger partial charge in [0.2, 0.25) is 5.91 Å². The van der Waals surface area contributed by atoms with Crippen molar-refractivity contribution >= 4 is 45.5 Å². The number of carbonyl (C=O) groups excluding carboxylic acids is 1. The van der Waals surface area contributed by atoms with E-state index in [1.807, 2.05) is 25.1 Å². The maximum absolute atomic E-state index is 12.0. The Labute approximate surface area is 250 Å². The van der Waals surface area contributed by atoms with E-state index in [0.29, 0.717) is 56.7 Å². The fraction of sp³-hybridized carbons (Fsp3) is 0.250. The van der Waals surface area contributed by atoms with E-state index in [9.17, 15) is 10.1 Å². The molecule has 1 aliphatic rings. The Balaban J connectivity index is 0.000000600. The summed E-state index contributed by atoms with van der Waals surface area (Å²) in [6.45, 7) is 8.66. The zero-order valence-corrected chi connectivity index (χ0v) is 24.4. The predicted octanol–water partition coefficient (Wildman–Crippen LogP) is 6.71. The minimum absolute atomic E-state index is 0.280. The molecule has 42 heavy (non-hydrogen) atoms. The highest BCUT2D eigenvalue weighted by Gasteiger charge is 2.16. The molecule has 1 saturated heterocycles. The van der Waals surface area contributed by atoms with Crippen LogP contribution in [0.25, 0.3) is 10.9 Å². The van der Waals surface area contributed by atoms with E-state index in [4.69, 9.17) is 21.1 Å². The summed E-state index contributed by atoms with van der Waals surface area (Å²) in [6, 6.07) is 16.4. The van der Waals surface area contributed by atoms with Gasteiger partial charge in [0.05, 0.1) is 39.8 Å². The molecule has 0 spiro atoms. The maximum atomic E-state index is 12.0. The number of anilines is 3. The number of hydrogen-bond donors (Lipinski definition) is 2. The lowest BCUT2D eigenvalue weighted by atomic mass is 10.1. The van der Waals surface area contributed by atoms with Crippen molar-refractivity contribution in [2.24, 2.45) is 0 Å². The van der Waals surface area contributed by atoms with Crippen LogP contribution >= 0.6 is 11.6 Å². The SMILES string of the molecule is C=CC(=O)Nc1cc2c(Nc3ccc(OCc4ccccn4)c(Cl)c3)c(C#N)cnc2cc1OCC.CN1CCCC1. The summed E-state index contributed by atoms with van der Waals surface area (Å²) in [5.74, 6) is 0.576. The molecule has 0 unspecified atom stereocenters.